The molecule has 1 aromatic carbocycles. The van der Waals surface area contributed by atoms with Gasteiger partial charge in [0.1, 0.15) is 5.82 Å². The SMILES string of the molecule is Cc1cc(C)c(Nc2ccc(NC(=O)C3CCOCC3)cn2)c(Cl)c1. The minimum atomic E-state index is 0.0144. The summed E-state index contributed by atoms with van der Waals surface area (Å²) < 4.78 is 5.29. The van der Waals surface area contributed by atoms with E-state index in [-0.39, 0.29) is 11.8 Å². The zero-order valence-electron chi connectivity index (χ0n) is 14.4. The average Bonchev–Trinajstić information content (AvgIpc) is 2.60. The maximum Gasteiger partial charge on any atom is 0.227 e. The summed E-state index contributed by atoms with van der Waals surface area (Å²) in [7, 11) is 0. The van der Waals surface area contributed by atoms with Crippen LogP contribution in [0.2, 0.25) is 5.02 Å². The van der Waals surface area contributed by atoms with Crippen molar-refractivity contribution in [1.29, 1.82) is 0 Å². The Balaban J connectivity index is 1.65. The highest BCUT2D eigenvalue weighted by Gasteiger charge is 2.21. The molecule has 1 fully saturated rings. The molecule has 1 aliphatic rings. The number of carbonyl (C=O) groups excluding carboxylic acids is 1. The molecule has 0 spiro atoms. The van der Waals surface area contributed by atoms with Crippen LogP contribution < -0.4 is 10.6 Å². The predicted molar refractivity (Wildman–Crippen MR) is 101 cm³/mol. The number of rotatable bonds is 4. The lowest BCUT2D eigenvalue weighted by Crippen LogP contribution is -2.28. The molecule has 1 saturated heterocycles. The molecule has 2 heterocycles. The summed E-state index contributed by atoms with van der Waals surface area (Å²) in [5, 5.41) is 6.82. The second-order valence-electron chi connectivity index (χ2n) is 6.37. The van der Waals surface area contributed by atoms with Gasteiger partial charge in [0.15, 0.2) is 0 Å². The van der Waals surface area contributed by atoms with Crippen molar-refractivity contribution in [2.24, 2.45) is 5.92 Å². The topological polar surface area (TPSA) is 63.2 Å². The molecule has 0 radical (unpaired) electrons. The van der Waals surface area contributed by atoms with Gasteiger partial charge in [-0.05, 0) is 56.0 Å². The summed E-state index contributed by atoms with van der Waals surface area (Å²) in [5.41, 5.74) is 3.71. The number of hydrogen-bond donors (Lipinski definition) is 2. The molecule has 3 rings (SSSR count). The van der Waals surface area contributed by atoms with E-state index in [9.17, 15) is 4.79 Å². The van der Waals surface area contributed by atoms with E-state index in [0.29, 0.717) is 29.7 Å². The first-order valence-electron chi connectivity index (χ1n) is 8.41. The van der Waals surface area contributed by atoms with E-state index in [2.05, 4.69) is 21.7 Å². The predicted octanol–water partition coefficient (Wildman–Crippen LogP) is 4.46. The molecule has 0 unspecified atom stereocenters. The van der Waals surface area contributed by atoms with Crippen molar-refractivity contribution in [3.05, 3.63) is 46.6 Å². The van der Waals surface area contributed by atoms with Crippen LogP contribution in [0.15, 0.2) is 30.5 Å². The Morgan fingerprint density at radius 1 is 1.24 bits per heavy atom. The number of pyridine rings is 1. The zero-order valence-corrected chi connectivity index (χ0v) is 15.2. The molecule has 0 bridgehead atoms. The quantitative estimate of drug-likeness (QED) is 0.845. The largest absolute Gasteiger partial charge is 0.381 e. The van der Waals surface area contributed by atoms with Crippen LogP contribution in [0, 0.1) is 19.8 Å². The summed E-state index contributed by atoms with van der Waals surface area (Å²) in [4.78, 5) is 16.6. The minimum absolute atomic E-state index is 0.0144. The standard InChI is InChI=1S/C19H22ClN3O2/c1-12-9-13(2)18(16(20)10-12)23-17-4-3-15(11-21-17)22-19(24)14-5-7-25-8-6-14/h3-4,9-11,14H,5-8H2,1-2H3,(H,21,23)(H,22,24). The van der Waals surface area contributed by atoms with Crippen molar-refractivity contribution in [1.82, 2.24) is 4.98 Å². The molecule has 2 N–H and O–H groups in total. The van der Waals surface area contributed by atoms with Gasteiger partial charge in [0.2, 0.25) is 5.91 Å². The Kier molecular flexibility index (Phi) is 5.56. The molecular weight excluding hydrogens is 338 g/mol. The summed E-state index contributed by atoms with van der Waals surface area (Å²) in [6.07, 6.45) is 3.19. The van der Waals surface area contributed by atoms with Crippen LogP contribution in [-0.2, 0) is 9.53 Å². The highest BCUT2D eigenvalue weighted by molar-refractivity contribution is 6.33. The van der Waals surface area contributed by atoms with E-state index in [1.54, 1.807) is 6.20 Å². The lowest BCUT2D eigenvalue weighted by atomic mass is 9.99. The van der Waals surface area contributed by atoms with Crippen molar-refractivity contribution in [2.75, 3.05) is 23.8 Å². The lowest BCUT2D eigenvalue weighted by molar-refractivity contribution is -0.122. The van der Waals surface area contributed by atoms with Crippen LogP contribution in [0.3, 0.4) is 0 Å². The van der Waals surface area contributed by atoms with Gasteiger partial charge in [-0.25, -0.2) is 4.98 Å². The summed E-state index contributed by atoms with van der Waals surface area (Å²) in [6, 6.07) is 7.65. The van der Waals surface area contributed by atoms with Gasteiger partial charge in [0, 0.05) is 19.1 Å². The number of aryl methyl sites for hydroxylation is 2. The van der Waals surface area contributed by atoms with Gasteiger partial charge >= 0.3 is 0 Å². The normalized spacial score (nSPS) is 15.0. The molecule has 132 valence electrons. The average molecular weight is 360 g/mol. The van der Waals surface area contributed by atoms with E-state index in [0.717, 1.165) is 29.7 Å². The molecule has 5 nitrogen and oxygen atoms in total. The fourth-order valence-electron chi connectivity index (χ4n) is 2.95. The molecule has 0 aliphatic carbocycles. The second kappa shape index (κ2) is 7.85. The Labute approximate surface area is 152 Å². The van der Waals surface area contributed by atoms with E-state index < -0.39 is 0 Å². The first kappa shape index (κ1) is 17.7. The van der Waals surface area contributed by atoms with Crippen molar-refractivity contribution in [2.45, 2.75) is 26.7 Å². The van der Waals surface area contributed by atoms with Gasteiger partial charge in [-0.2, -0.15) is 0 Å². The van der Waals surface area contributed by atoms with Crippen molar-refractivity contribution in [3.63, 3.8) is 0 Å². The van der Waals surface area contributed by atoms with Gasteiger partial charge in [-0.1, -0.05) is 17.7 Å². The fourth-order valence-corrected chi connectivity index (χ4v) is 3.32. The second-order valence-corrected chi connectivity index (χ2v) is 6.78. The molecular formula is C19H22ClN3O2. The van der Waals surface area contributed by atoms with Gasteiger partial charge in [-0.15, -0.1) is 0 Å². The monoisotopic (exact) mass is 359 g/mol. The van der Waals surface area contributed by atoms with Crippen LogP contribution in [0.4, 0.5) is 17.2 Å². The van der Waals surface area contributed by atoms with Crippen LogP contribution in [0.1, 0.15) is 24.0 Å². The van der Waals surface area contributed by atoms with Crippen LogP contribution in [-0.4, -0.2) is 24.1 Å². The van der Waals surface area contributed by atoms with Gasteiger partial charge < -0.3 is 15.4 Å². The number of ether oxygens (including phenoxy) is 1. The third-order valence-electron chi connectivity index (χ3n) is 4.31. The van der Waals surface area contributed by atoms with Gasteiger partial charge in [0.25, 0.3) is 0 Å². The molecule has 0 saturated carbocycles. The van der Waals surface area contributed by atoms with Crippen molar-refractivity contribution >= 4 is 34.7 Å². The first-order valence-corrected chi connectivity index (χ1v) is 8.79. The molecule has 25 heavy (non-hydrogen) atoms. The number of hydrogen-bond acceptors (Lipinski definition) is 4. The third kappa shape index (κ3) is 4.50. The maximum absolute atomic E-state index is 12.2. The highest BCUT2D eigenvalue weighted by Crippen LogP contribution is 2.30. The first-order chi connectivity index (χ1) is 12.0. The Bertz CT molecular complexity index is 733. The smallest absolute Gasteiger partial charge is 0.227 e. The Morgan fingerprint density at radius 3 is 2.64 bits per heavy atom. The summed E-state index contributed by atoms with van der Waals surface area (Å²) in [5.74, 6) is 0.724. The number of benzene rings is 1. The Hall–Kier alpha value is -2.11. The molecule has 0 atom stereocenters. The number of anilines is 3. The van der Waals surface area contributed by atoms with Crippen molar-refractivity contribution < 1.29 is 9.53 Å². The number of aromatic nitrogens is 1. The molecule has 6 heteroatoms. The Morgan fingerprint density at radius 2 is 2.00 bits per heavy atom. The fraction of sp³-hybridized carbons (Fsp3) is 0.368. The molecule has 1 amide bonds. The lowest BCUT2D eigenvalue weighted by Gasteiger charge is -2.21. The summed E-state index contributed by atoms with van der Waals surface area (Å²) in [6.45, 7) is 5.31. The number of carbonyl (C=O) groups is 1. The van der Waals surface area contributed by atoms with E-state index in [4.69, 9.17) is 16.3 Å². The highest BCUT2D eigenvalue weighted by atomic mass is 35.5. The zero-order chi connectivity index (χ0) is 17.8. The van der Waals surface area contributed by atoms with Crippen LogP contribution in [0.5, 0.6) is 0 Å². The molecule has 1 aliphatic heterocycles. The molecule has 2 aromatic rings. The van der Waals surface area contributed by atoms with Crippen LogP contribution >= 0.6 is 11.6 Å². The van der Waals surface area contributed by atoms with E-state index >= 15 is 0 Å². The molecule has 1 aromatic heterocycles. The van der Waals surface area contributed by atoms with Crippen molar-refractivity contribution in [3.8, 4) is 0 Å². The number of nitrogens with zero attached hydrogens (tertiary/aromatic N) is 1. The van der Waals surface area contributed by atoms with Crippen LogP contribution in [0.25, 0.3) is 0 Å². The van der Waals surface area contributed by atoms with Gasteiger partial charge in [0.05, 0.1) is 22.6 Å². The minimum Gasteiger partial charge on any atom is -0.381 e. The number of nitrogens with one attached hydrogen (secondary N) is 2. The summed E-state index contributed by atoms with van der Waals surface area (Å²) >= 11 is 6.31. The third-order valence-corrected chi connectivity index (χ3v) is 4.61. The number of halogens is 1. The van der Waals surface area contributed by atoms with E-state index in [1.807, 2.05) is 32.0 Å². The number of amides is 1. The maximum atomic E-state index is 12.2. The van der Waals surface area contributed by atoms with E-state index in [1.165, 1.54) is 0 Å². The van der Waals surface area contributed by atoms with Gasteiger partial charge in [-0.3, -0.25) is 4.79 Å².